The topological polar surface area (TPSA) is 87.1 Å². The Morgan fingerprint density at radius 3 is 2.42 bits per heavy atom. The molecule has 0 spiro atoms. The normalized spacial score (nSPS) is 18.0. The van der Waals surface area contributed by atoms with E-state index in [1.54, 1.807) is 0 Å². The first-order valence-electron chi connectivity index (χ1n) is 12.4. The second-order valence-electron chi connectivity index (χ2n) is 9.25. The van der Waals surface area contributed by atoms with Crippen LogP contribution >= 0.6 is 0 Å². The molecule has 0 unspecified atom stereocenters. The lowest BCUT2D eigenvalue weighted by molar-refractivity contribution is 0.0950. The third kappa shape index (κ3) is 5.85. The molecule has 0 bridgehead atoms. The Labute approximate surface area is 211 Å². The highest BCUT2D eigenvalue weighted by Gasteiger charge is 2.29. The maximum Gasteiger partial charge on any atom is 0.251 e. The maximum absolute atomic E-state index is 12.7. The molecule has 0 saturated carbocycles. The van der Waals surface area contributed by atoms with Gasteiger partial charge in [0, 0.05) is 23.2 Å². The monoisotopic (exact) mass is 478 g/mol. The maximum atomic E-state index is 12.7. The van der Waals surface area contributed by atoms with Crippen LogP contribution in [0.4, 0.5) is 0 Å². The molecule has 3 atom stereocenters. The molecule has 1 aliphatic heterocycles. The van der Waals surface area contributed by atoms with Crippen LogP contribution in [0.15, 0.2) is 97.3 Å². The van der Waals surface area contributed by atoms with Crippen molar-refractivity contribution in [3.05, 3.63) is 120 Å². The van der Waals surface area contributed by atoms with E-state index in [0.717, 1.165) is 41.8 Å². The molecular formula is C30H30N4O2. The third-order valence-corrected chi connectivity index (χ3v) is 6.72. The SMILES string of the molecule is O=C(NCc1cc(-c2ccccc2)ncn1)c1ccc(C[C@@H]2CC[C@H]([C@H](O)c3ccccc3)N2)cc1. The van der Waals surface area contributed by atoms with Crippen LogP contribution in [-0.2, 0) is 13.0 Å². The first kappa shape index (κ1) is 23.9. The van der Waals surface area contributed by atoms with Gasteiger partial charge in [0.05, 0.1) is 24.0 Å². The number of nitrogens with one attached hydrogen (secondary N) is 2. The average molecular weight is 479 g/mol. The highest BCUT2D eigenvalue weighted by atomic mass is 16.3. The lowest BCUT2D eigenvalue weighted by Crippen LogP contribution is -2.35. The van der Waals surface area contributed by atoms with Crippen LogP contribution in [0, 0.1) is 0 Å². The molecule has 6 heteroatoms. The highest BCUT2D eigenvalue weighted by Crippen LogP contribution is 2.26. The molecule has 1 aliphatic rings. The highest BCUT2D eigenvalue weighted by molar-refractivity contribution is 5.94. The van der Waals surface area contributed by atoms with E-state index >= 15 is 0 Å². The molecule has 2 heterocycles. The van der Waals surface area contributed by atoms with Crippen LogP contribution in [-0.4, -0.2) is 33.1 Å². The Bertz CT molecular complexity index is 1280. The van der Waals surface area contributed by atoms with E-state index in [4.69, 9.17) is 0 Å². The number of benzene rings is 3. The molecular weight excluding hydrogens is 448 g/mol. The summed E-state index contributed by atoms with van der Waals surface area (Å²) in [6, 6.07) is 29.7. The van der Waals surface area contributed by atoms with E-state index < -0.39 is 6.10 Å². The van der Waals surface area contributed by atoms with Gasteiger partial charge < -0.3 is 15.7 Å². The molecule has 0 aliphatic carbocycles. The largest absolute Gasteiger partial charge is 0.387 e. The molecule has 3 aromatic carbocycles. The number of nitrogens with zero attached hydrogens (tertiary/aromatic N) is 2. The summed E-state index contributed by atoms with van der Waals surface area (Å²) in [4.78, 5) is 21.3. The van der Waals surface area contributed by atoms with Crippen molar-refractivity contribution in [1.29, 1.82) is 0 Å². The zero-order valence-electron chi connectivity index (χ0n) is 20.0. The number of carbonyl (C=O) groups is 1. The summed E-state index contributed by atoms with van der Waals surface area (Å²) < 4.78 is 0. The number of hydrogen-bond acceptors (Lipinski definition) is 5. The van der Waals surface area contributed by atoms with E-state index in [0.29, 0.717) is 18.2 Å². The second kappa shape index (κ2) is 11.2. The number of hydrogen-bond donors (Lipinski definition) is 3. The van der Waals surface area contributed by atoms with Gasteiger partial charge >= 0.3 is 0 Å². The van der Waals surface area contributed by atoms with Crippen molar-refractivity contribution in [2.45, 2.75) is 44.0 Å². The van der Waals surface area contributed by atoms with Crippen molar-refractivity contribution in [3.8, 4) is 11.3 Å². The average Bonchev–Trinajstić information content (AvgIpc) is 3.41. The van der Waals surface area contributed by atoms with Crippen molar-refractivity contribution in [3.63, 3.8) is 0 Å². The van der Waals surface area contributed by atoms with Crippen LogP contribution in [0.1, 0.15) is 46.1 Å². The van der Waals surface area contributed by atoms with Crippen LogP contribution in [0.25, 0.3) is 11.3 Å². The van der Waals surface area contributed by atoms with Gasteiger partial charge in [-0.1, -0.05) is 72.8 Å². The molecule has 1 aromatic heterocycles. The van der Waals surface area contributed by atoms with Gasteiger partial charge in [-0.15, -0.1) is 0 Å². The number of rotatable bonds is 8. The van der Waals surface area contributed by atoms with Gasteiger partial charge in [0.25, 0.3) is 5.91 Å². The summed E-state index contributed by atoms with van der Waals surface area (Å²) in [6.07, 6.45) is 3.85. The fraction of sp³-hybridized carbons (Fsp3) is 0.233. The van der Waals surface area contributed by atoms with Gasteiger partial charge in [-0.3, -0.25) is 4.79 Å². The summed E-state index contributed by atoms with van der Waals surface area (Å²) in [5, 5.41) is 17.2. The van der Waals surface area contributed by atoms with Gasteiger partial charge in [0.2, 0.25) is 0 Å². The molecule has 1 amide bonds. The molecule has 4 aromatic rings. The molecule has 3 N–H and O–H groups in total. The Morgan fingerprint density at radius 2 is 1.67 bits per heavy atom. The van der Waals surface area contributed by atoms with E-state index in [-0.39, 0.29) is 11.9 Å². The fourth-order valence-electron chi connectivity index (χ4n) is 4.75. The molecule has 5 rings (SSSR count). The van der Waals surface area contributed by atoms with Crippen molar-refractivity contribution < 1.29 is 9.90 Å². The predicted octanol–water partition coefficient (Wildman–Crippen LogP) is 4.47. The fourth-order valence-corrected chi connectivity index (χ4v) is 4.75. The van der Waals surface area contributed by atoms with Crippen molar-refractivity contribution >= 4 is 5.91 Å². The number of aromatic nitrogens is 2. The van der Waals surface area contributed by atoms with Gasteiger partial charge in [0.1, 0.15) is 6.33 Å². The molecule has 182 valence electrons. The van der Waals surface area contributed by atoms with Gasteiger partial charge in [-0.2, -0.15) is 0 Å². The first-order valence-corrected chi connectivity index (χ1v) is 12.4. The van der Waals surface area contributed by atoms with Gasteiger partial charge in [-0.25, -0.2) is 9.97 Å². The molecule has 6 nitrogen and oxygen atoms in total. The van der Waals surface area contributed by atoms with E-state index in [1.165, 1.54) is 11.9 Å². The smallest absolute Gasteiger partial charge is 0.251 e. The second-order valence-corrected chi connectivity index (χ2v) is 9.25. The van der Waals surface area contributed by atoms with Crippen molar-refractivity contribution in [2.24, 2.45) is 0 Å². The van der Waals surface area contributed by atoms with Gasteiger partial charge in [-0.05, 0) is 48.6 Å². The Hall–Kier alpha value is -3.87. The van der Waals surface area contributed by atoms with Crippen LogP contribution in [0.3, 0.4) is 0 Å². The Kier molecular flexibility index (Phi) is 7.45. The standard InChI is InChI=1S/C30H30N4O2/c35-29(23-9-5-2-6-10-23)27-16-15-25(34-27)17-21-11-13-24(14-12-21)30(36)31-19-26-18-28(33-20-32-26)22-7-3-1-4-8-22/h1-14,18,20,25,27,29,34-35H,15-17,19H2,(H,31,36)/t25-,27+,29+/m0/s1. The lowest BCUT2D eigenvalue weighted by Gasteiger charge is -2.20. The van der Waals surface area contributed by atoms with E-state index in [9.17, 15) is 9.90 Å². The lowest BCUT2D eigenvalue weighted by atomic mass is 10.0. The Morgan fingerprint density at radius 1 is 0.944 bits per heavy atom. The molecule has 36 heavy (non-hydrogen) atoms. The summed E-state index contributed by atoms with van der Waals surface area (Å²) in [7, 11) is 0. The molecule has 1 fully saturated rings. The minimum Gasteiger partial charge on any atom is -0.387 e. The quantitative estimate of drug-likeness (QED) is 0.348. The number of aliphatic hydroxyl groups is 1. The summed E-state index contributed by atoms with van der Waals surface area (Å²) in [5.74, 6) is -0.133. The zero-order chi connectivity index (χ0) is 24.7. The van der Waals surface area contributed by atoms with E-state index in [2.05, 4.69) is 20.6 Å². The minimum absolute atomic E-state index is 0.0617. The Balaban J connectivity index is 1.13. The summed E-state index contributed by atoms with van der Waals surface area (Å²) in [6.45, 7) is 0.333. The predicted molar refractivity (Wildman–Crippen MR) is 140 cm³/mol. The van der Waals surface area contributed by atoms with Crippen LogP contribution in [0.5, 0.6) is 0 Å². The summed E-state index contributed by atoms with van der Waals surface area (Å²) >= 11 is 0. The van der Waals surface area contributed by atoms with Crippen LogP contribution < -0.4 is 10.6 Å². The molecule has 0 radical (unpaired) electrons. The molecule has 1 saturated heterocycles. The first-order chi connectivity index (χ1) is 17.7. The summed E-state index contributed by atoms with van der Waals surface area (Å²) in [5.41, 5.74) is 5.34. The van der Waals surface area contributed by atoms with Crippen molar-refractivity contribution in [1.82, 2.24) is 20.6 Å². The van der Waals surface area contributed by atoms with Crippen molar-refractivity contribution in [2.75, 3.05) is 0 Å². The number of aliphatic hydroxyl groups excluding tert-OH is 1. The van der Waals surface area contributed by atoms with E-state index in [1.807, 2.05) is 91.0 Å². The number of carbonyl (C=O) groups excluding carboxylic acids is 1. The van der Waals surface area contributed by atoms with Crippen LogP contribution in [0.2, 0.25) is 0 Å². The minimum atomic E-state index is -0.499. The third-order valence-electron chi connectivity index (χ3n) is 6.72. The number of amides is 1. The zero-order valence-corrected chi connectivity index (χ0v) is 20.0. The van der Waals surface area contributed by atoms with Gasteiger partial charge in [0.15, 0.2) is 0 Å².